The smallest absolute Gasteiger partial charge is 0.870 e. The van der Waals surface area contributed by atoms with Gasteiger partial charge in [-0.25, -0.2) is 0 Å². The summed E-state index contributed by atoms with van der Waals surface area (Å²) in [7, 11) is 9.03. The number of nitrogens with zero attached hydrogens (tertiary/aromatic N) is 2. The Hall–Kier alpha value is -1.25. The van der Waals surface area contributed by atoms with E-state index >= 15 is 0 Å². The van der Waals surface area contributed by atoms with E-state index in [-0.39, 0.29) is 35.0 Å². The molecule has 0 heterocycles. The van der Waals surface area contributed by atoms with Gasteiger partial charge in [0.05, 0.1) is 41.3 Å². The molecule has 0 aliphatic heterocycles. The van der Waals surface area contributed by atoms with E-state index in [4.69, 9.17) is 5.73 Å². The van der Waals surface area contributed by atoms with E-state index in [1.54, 1.807) is 0 Å². The van der Waals surface area contributed by atoms with E-state index in [0.717, 1.165) is 67.5 Å². The molecule has 0 saturated heterocycles. The fourth-order valence-electron chi connectivity index (χ4n) is 4.71. The quantitative estimate of drug-likeness (QED) is 0.142. The minimum absolute atomic E-state index is 0. The van der Waals surface area contributed by atoms with Crippen molar-refractivity contribution in [3.63, 3.8) is 0 Å². The van der Waals surface area contributed by atoms with Crippen LogP contribution in [0.3, 0.4) is 0 Å². The molecule has 2 aromatic rings. The average molecular weight is 567 g/mol. The molecule has 0 radical (unpaired) electrons. The Labute approximate surface area is 268 Å². The summed E-state index contributed by atoms with van der Waals surface area (Å²) in [5.41, 5.74) is 11.3. The third kappa shape index (κ3) is 16.9. The maximum Gasteiger partial charge on any atom is 1.00 e. The van der Waals surface area contributed by atoms with Crippen LogP contribution < -0.4 is 40.6 Å². The first-order chi connectivity index (χ1) is 18.0. The Morgan fingerprint density at radius 1 is 0.750 bits per heavy atom. The Morgan fingerprint density at radius 3 is 1.45 bits per heavy atom. The summed E-state index contributed by atoms with van der Waals surface area (Å²) in [6.45, 7) is 14.9. The zero-order valence-corrected chi connectivity index (χ0v) is 29.2. The second kappa shape index (κ2) is 21.5. The fourth-order valence-corrected chi connectivity index (χ4v) is 4.71. The number of nitrogens with two attached hydrogens (primary N) is 1. The molecule has 0 aliphatic carbocycles. The van der Waals surface area contributed by atoms with E-state index in [1.165, 1.54) is 35.1 Å². The molecular weight excluding hydrogens is 507 g/mol. The molecular formula is C33H59N4NaO2+2. The number of carbonyl (C=O) groups excluding carboxylic acids is 1. The third-order valence-electron chi connectivity index (χ3n) is 7.68. The van der Waals surface area contributed by atoms with E-state index in [9.17, 15) is 4.79 Å². The van der Waals surface area contributed by atoms with Crippen LogP contribution in [-0.4, -0.2) is 75.2 Å². The first kappa shape index (κ1) is 40.9. The Balaban J connectivity index is 0. The summed E-state index contributed by atoms with van der Waals surface area (Å²) >= 11 is 0. The summed E-state index contributed by atoms with van der Waals surface area (Å²) in [5.74, 6) is 1.31. The van der Waals surface area contributed by atoms with Crippen LogP contribution in [0.25, 0.3) is 0 Å². The summed E-state index contributed by atoms with van der Waals surface area (Å²) in [6, 6.07) is 18.2. The van der Waals surface area contributed by atoms with Crippen molar-refractivity contribution in [2.45, 2.75) is 78.3 Å². The molecule has 2 atom stereocenters. The second-order valence-electron chi connectivity index (χ2n) is 12.3. The van der Waals surface area contributed by atoms with Gasteiger partial charge in [-0.05, 0) is 42.3 Å². The molecule has 40 heavy (non-hydrogen) atoms. The number of hydrogen-bond donors (Lipinski definition) is 2. The van der Waals surface area contributed by atoms with Gasteiger partial charge in [-0.2, -0.15) is 0 Å². The van der Waals surface area contributed by atoms with Crippen LogP contribution in [0, 0.1) is 0 Å². The average Bonchev–Trinajstić information content (AvgIpc) is 2.90. The molecule has 2 rings (SSSR count). The van der Waals surface area contributed by atoms with Gasteiger partial charge in [0.25, 0.3) is 0 Å². The van der Waals surface area contributed by atoms with Gasteiger partial charge >= 0.3 is 29.6 Å². The molecule has 222 valence electrons. The van der Waals surface area contributed by atoms with Crippen LogP contribution in [0.4, 0.5) is 0 Å². The summed E-state index contributed by atoms with van der Waals surface area (Å²) in [5, 5.41) is 2.72. The molecule has 0 saturated carbocycles. The Bertz CT molecular complexity index is 902. The second-order valence-corrected chi connectivity index (χ2v) is 12.3. The first-order valence-corrected chi connectivity index (χ1v) is 14.7. The number of nitrogens with one attached hydrogen (secondary N) is 1. The summed E-state index contributed by atoms with van der Waals surface area (Å²) in [4.78, 5) is 10.2. The van der Waals surface area contributed by atoms with E-state index < -0.39 is 0 Å². The van der Waals surface area contributed by atoms with E-state index in [2.05, 4.69) is 110 Å². The Morgan fingerprint density at radius 2 is 1.12 bits per heavy atom. The standard InChI is InChI=1S/C17H28N2O.C16H29N2.Na.H2O/c1-5-15(2)17-9-7-16(8-10-17)13-19(3,4)12-6-11-18-14-20;1-5-14(2)16-9-7-15(8-10-16)13-18(3,4)12-6-11-17;;/h7-10,14-15H,5-6,11-13H2,1-4H3;7-10,14H,5-6,11-13,17H2,1-4H3;;1H2/q;2*+1;. The number of benzene rings is 2. The van der Waals surface area contributed by atoms with Crippen molar-refractivity contribution in [1.82, 2.24) is 5.32 Å². The minimum Gasteiger partial charge on any atom is -0.870 e. The SMILES string of the molecule is CCC(C)c1ccc(C[N+](C)(C)CCCN)cc1.CCC(C)c1ccc(C[N+](C)(C)CCCNC=O)cc1.[Na+].[OH-]. The van der Waals surface area contributed by atoms with Crippen LogP contribution >= 0.6 is 0 Å². The molecule has 0 fully saturated rings. The van der Waals surface area contributed by atoms with Gasteiger partial charge < -0.3 is 25.5 Å². The molecule has 2 aromatic carbocycles. The van der Waals surface area contributed by atoms with Gasteiger partial charge in [-0.15, -0.1) is 0 Å². The Kier molecular flexibility index (Phi) is 21.9. The van der Waals surface area contributed by atoms with E-state index in [1.807, 2.05) is 0 Å². The summed E-state index contributed by atoms with van der Waals surface area (Å²) < 4.78 is 1.96. The van der Waals surface area contributed by atoms with Crippen LogP contribution in [0.2, 0.25) is 0 Å². The van der Waals surface area contributed by atoms with Gasteiger partial charge in [0, 0.05) is 30.5 Å². The predicted octanol–water partition coefficient (Wildman–Crippen LogP) is 2.87. The van der Waals surface area contributed by atoms with Crippen LogP contribution in [0.15, 0.2) is 48.5 Å². The first-order valence-electron chi connectivity index (χ1n) is 14.7. The van der Waals surface area contributed by atoms with Gasteiger partial charge in [-0.1, -0.05) is 76.2 Å². The monoisotopic (exact) mass is 566 g/mol. The third-order valence-corrected chi connectivity index (χ3v) is 7.68. The number of rotatable bonds is 16. The van der Waals surface area contributed by atoms with Gasteiger partial charge in [-0.3, -0.25) is 4.79 Å². The van der Waals surface area contributed by atoms with Crippen molar-refractivity contribution in [2.75, 3.05) is 54.4 Å². The van der Waals surface area contributed by atoms with Crippen molar-refractivity contribution >= 4 is 6.41 Å². The van der Waals surface area contributed by atoms with Crippen LogP contribution in [0.1, 0.15) is 87.5 Å². The topological polar surface area (TPSA) is 85.1 Å². The van der Waals surface area contributed by atoms with Crippen molar-refractivity contribution in [1.29, 1.82) is 0 Å². The maximum absolute atomic E-state index is 10.2. The van der Waals surface area contributed by atoms with Gasteiger partial charge in [0.1, 0.15) is 13.1 Å². The van der Waals surface area contributed by atoms with Gasteiger partial charge in [0.15, 0.2) is 0 Å². The predicted molar refractivity (Wildman–Crippen MR) is 166 cm³/mol. The van der Waals surface area contributed by atoms with Gasteiger partial charge in [0.2, 0.25) is 6.41 Å². The zero-order valence-electron chi connectivity index (χ0n) is 27.2. The van der Waals surface area contributed by atoms with Crippen molar-refractivity contribution in [3.8, 4) is 0 Å². The molecule has 0 spiro atoms. The van der Waals surface area contributed by atoms with Crippen molar-refractivity contribution in [2.24, 2.45) is 5.73 Å². The van der Waals surface area contributed by atoms with Crippen molar-refractivity contribution < 1.29 is 48.8 Å². The summed E-state index contributed by atoms with van der Waals surface area (Å²) in [6.07, 6.45) is 5.27. The molecule has 0 bridgehead atoms. The molecule has 1 amide bonds. The molecule has 2 unspecified atom stereocenters. The molecule has 6 nitrogen and oxygen atoms in total. The number of hydrogen-bond acceptors (Lipinski definition) is 3. The fraction of sp³-hybridized carbons (Fsp3) is 0.606. The number of carbonyl (C=O) groups is 1. The van der Waals surface area contributed by atoms with Crippen molar-refractivity contribution in [3.05, 3.63) is 70.8 Å². The zero-order chi connectivity index (χ0) is 28.6. The molecule has 7 heteroatoms. The largest absolute Gasteiger partial charge is 1.00 e. The number of quaternary nitrogens is 2. The molecule has 0 aromatic heterocycles. The molecule has 0 aliphatic rings. The van der Waals surface area contributed by atoms with Crippen LogP contribution in [0.5, 0.6) is 0 Å². The normalized spacial score (nSPS) is 12.6. The van der Waals surface area contributed by atoms with E-state index in [0.29, 0.717) is 11.8 Å². The van der Waals surface area contributed by atoms with Crippen LogP contribution in [-0.2, 0) is 17.9 Å². The number of amides is 1. The maximum atomic E-state index is 10.2. The minimum atomic E-state index is 0. The molecule has 4 N–H and O–H groups in total.